The lowest BCUT2D eigenvalue weighted by Crippen LogP contribution is -2.70. The second kappa shape index (κ2) is 4.80. The van der Waals surface area contributed by atoms with Crippen LogP contribution in [0.5, 0.6) is 0 Å². The monoisotopic (exact) mass is 266 g/mol. The molecule has 0 radical (unpaired) electrons. The van der Waals surface area contributed by atoms with Crippen molar-refractivity contribution >= 4 is 11.8 Å². The van der Waals surface area contributed by atoms with Crippen LogP contribution in [-0.4, -0.2) is 34.8 Å². The highest BCUT2D eigenvalue weighted by molar-refractivity contribution is 5.99. The lowest BCUT2D eigenvalue weighted by molar-refractivity contribution is -0.157. The zero-order valence-corrected chi connectivity index (χ0v) is 12.6. The van der Waals surface area contributed by atoms with Gasteiger partial charge in [-0.3, -0.25) is 9.59 Å². The molecule has 0 bridgehead atoms. The molecule has 1 heterocycles. The van der Waals surface area contributed by atoms with Gasteiger partial charge in [0.1, 0.15) is 11.6 Å². The van der Waals surface area contributed by atoms with Crippen LogP contribution in [0.4, 0.5) is 0 Å². The van der Waals surface area contributed by atoms with Crippen LogP contribution in [0, 0.1) is 5.41 Å². The van der Waals surface area contributed by atoms with Crippen molar-refractivity contribution in [1.82, 2.24) is 10.2 Å². The Morgan fingerprint density at radius 2 is 1.79 bits per heavy atom. The molecule has 2 amide bonds. The van der Waals surface area contributed by atoms with Gasteiger partial charge in [0.05, 0.1) is 0 Å². The van der Waals surface area contributed by atoms with Crippen LogP contribution in [0.3, 0.4) is 0 Å². The third-order valence-corrected chi connectivity index (χ3v) is 4.23. The molecule has 2 aliphatic rings. The summed E-state index contributed by atoms with van der Waals surface area (Å²) in [6.45, 7) is 8.78. The van der Waals surface area contributed by atoms with Crippen LogP contribution in [0.1, 0.15) is 59.8 Å². The van der Waals surface area contributed by atoms with Crippen molar-refractivity contribution in [1.29, 1.82) is 0 Å². The van der Waals surface area contributed by atoms with E-state index >= 15 is 0 Å². The summed E-state index contributed by atoms with van der Waals surface area (Å²) < 4.78 is 0. The second-order valence-electron chi connectivity index (χ2n) is 7.30. The van der Waals surface area contributed by atoms with Gasteiger partial charge in [0.25, 0.3) is 0 Å². The minimum Gasteiger partial charge on any atom is -0.340 e. The Bertz CT molecular complexity index is 378. The van der Waals surface area contributed by atoms with Crippen LogP contribution in [0.25, 0.3) is 0 Å². The smallest absolute Gasteiger partial charge is 0.249 e. The van der Waals surface area contributed by atoms with Crippen molar-refractivity contribution in [2.45, 2.75) is 71.4 Å². The Kier molecular flexibility index (Phi) is 3.63. The van der Waals surface area contributed by atoms with E-state index in [1.165, 1.54) is 6.42 Å². The van der Waals surface area contributed by atoms with Crippen LogP contribution in [0.15, 0.2) is 0 Å². The third-order valence-electron chi connectivity index (χ3n) is 4.23. The van der Waals surface area contributed by atoms with Crippen LogP contribution in [-0.2, 0) is 9.59 Å². The SMILES string of the molecule is CC1C(=O)NC2(CCCCC2)C(=O)N1CC(C)(C)C. The molecule has 4 nitrogen and oxygen atoms in total. The summed E-state index contributed by atoms with van der Waals surface area (Å²) in [6, 6.07) is -0.348. The molecule has 1 saturated heterocycles. The van der Waals surface area contributed by atoms with Gasteiger partial charge in [0.2, 0.25) is 11.8 Å². The predicted molar refractivity (Wildman–Crippen MR) is 74.6 cm³/mol. The summed E-state index contributed by atoms with van der Waals surface area (Å²) in [5.41, 5.74) is -0.593. The molecule has 19 heavy (non-hydrogen) atoms. The molecular weight excluding hydrogens is 240 g/mol. The normalized spacial score (nSPS) is 27.6. The highest BCUT2D eigenvalue weighted by atomic mass is 16.2. The first kappa shape index (κ1) is 14.4. The average molecular weight is 266 g/mol. The van der Waals surface area contributed by atoms with E-state index in [2.05, 4.69) is 26.1 Å². The molecule has 1 N–H and O–H groups in total. The van der Waals surface area contributed by atoms with Crippen molar-refractivity contribution in [2.75, 3.05) is 6.54 Å². The second-order valence-corrected chi connectivity index (χ2v) is 7.30. The number of piperazine rings is 1. The van der Waals surface area contributed by atoms with Crippen LogP contribution >= 0.6 is 0 Å². The number of hydrogen-bond acceptors (Lipinski definition) is 2. The summed E-state index contributed by atoms with van der Waals surface area (Å²) in [5.74, 6) is 0.139. The van der Waals surface area contributed by atoms with Crippen LogP contribution < -0.4 is 5.32 Å². The van der Waals surface area contributed by atoms with E-state index in [-0.39, 0.29) is 23.3 Å². The van der Waals surface area contributed by atoms with Crippen molar-refractivity contribution < 1.29 is 9.59 Å². The molecule has 1 unspecified atom stereocenters. The van der Waals surface area contributed by atoms with Gasteiger partial charge in [-0.05, 0) is 25.2 Å². The topological polar surface area (TPSA) is 49.4 Å². The Morgan fingerprint density at radius 3 is 2.32 bits per heavy atom. The molecule has 1 aliphatic heterocycles. The Balaban J connectivity index is 2.25. The molecule has 1 aliphatic carbocycles. The number of hydrogen-bond donors (Lipinski definition) is 1. The van der Waals surface area contributed by atoms with Gasteiger partial charge in [0, 0.05) is 6.54 Å². The molecule has 1 spiro atoms. The van der Waals surface area contributed by atoms with E-state index in [1.807, 2.05) is 6.92 Å². The summed E-state index contributed by atoms with van der Waals surface area (Å²) in [5, 5.41) is 3.02. The lowest BCUT2D eigenvalue weighted by Gasteiger charge is -2.48. The Hall–Kier alpha value is -1.06. The number of amides is 2. The van der Waals surface area contributed by atoms with Gasteiger partial charge in [-0.25, -0.2) is 0 Å². The highest BCUT2D eigenvalue weighted by Crippen LogP contribution is 2.34. The van der Waals surface area contributed by atoms with Gasteiger partial charge >= 0.3 is 0 Å². The molecular formula is C15H26N2O2. The Morgan fingerprint density at radius 1 is 1.21 bits per heavy atom. The zero-order valence-electron chi connectivity index (χ0n) is 12.6. The molecule has 0 aromatic carbocycles. The number of rotatable bonds is 1. The molecule has 1 atom stereocenters. The zero-order chi connectivity index (χ0) is 14.3. The largest absolute Gasteiger partial charge is 0.340 e. The molecule has 2 fully saturated rings. The van der Waals surface area contributed by atoms with Crippen LogP contribution in [0.2, 0.25) is 0 Å². The number of carbonyl (C=O) groups excluding carboxylic acids is 2. The highest BCUT2D eigenvalue weighted by Gasteiger charge is 2.50. The molecule has 4 heteroatoms. The molecule has 1 saturated carbocycles. The fraction of sp³-hybridized carbons (Fsp3) is 0.867. The van der Waals surface area contributed by atoms with Crippen molar-refractivity contribution in [3.8, 4) is 0 Å². The maximum absolute atomic E-state index is 12.8. The average Bonchev–Trinajstić information content (AvgIpc) is 2.32. The van der Waals surface area contributed by atoms with Gasteiger partial charge in [-0.15, -0.1) is 0 Å². The molecule has 0 aromatic heterocycles. The predicted octanol–water partition coefficient (Wildman–Crippen LogP) is 2.08. The van der Waals surface area contributed by atoms with E-state index in [9.17, 15) is 9.59 Å². The summed E-state index contributed by atoms with van der Waals surface area (Å²) in [4.78, 5) is 26.8. The first-order valence-electron chi connectivity index (χ1n) is 7.38. The first-order chi connectivity index (χ1) is 8.75. The molecule has 0 aromatic rings. The standard InChI is InChI=1S/C15H26N2O2/c1-11-12(18)16-15(8-6-5-7-9-15)13(19)17(11)10-14(2,3)4/h11H,5-10H2,1-4H3,(H,16,18). The molecule has 2 rings (SSSR count). The van der Waals surface area contributed by atoms with E-state index in [1.54, 1.807) is 4.90 Å². The first-order valence-corrected chi connectivity index (χ1v) is 7.38. The number of nitrogens with zero attached hydrogens (tertiary/aromatic N) is 1. The van der Waals surface area contributed by atoms with E-state index in [0.29, 0.717) is 6.54 Å². The lowest BCUT2D eigenvalue weighted by atomic mass is 9.78. The fourth-order valence-corrected chi connectivity index (χ4v) is 3.20. The van der Waals surface area contributed by atoms with E-state index in [0.717, 1.165) is 25.7 Å². The summed E-state index contributed by atoms with van der Waals surface area (Å²) in [6.07, 6.45) is 4.82. The van der Waals surface area contributed by atoms with Crippen molar-refractivity contribution in [2.24, 2.45) is 5.41 Å². The summed E-state index contributed by atoms with van der Waals surface area (Å²) >= 11 is 0. The summed E-state index contributed by atoms with van der Waals surface area (Å²) in [7, 11) is 0. The van der Waals surface area contributed by atoms with Gasteiger partial charge in [-0.2, -0.15) is 0 Å². The number of carbonyl (C=O) groups is 2. The van der Waals surface area contributed by atoms with E-state index in [4.69, 9.17) is 0 Å². The Labute approximate surface area is 115 Å². The van der Waals surface area contributed by atoms with E-state index < -0.39 is 5.54 Å². The number of nitrogens with one attached hydrogen (secondary N) is 1. The fourth-order valence-electron chi connectivity index (χ4n) is 3.20. The molecule has 108 valence electrons. The maximum Gasteiger partial charge on any atom is 0.249 e. The quantitative estimate of drug-likeness (QED) is 0.790. The minimum absolute atomic E-state index is 0.00532. The van der Waals surface area contributed by atoms with Gasteiger partial charge in [-0.1, -0.05) is 40.0 Å². The minimum atomic E-state index is -0.604. The maximum atomic E-state index is 12.8. The third kappa shape index (κ3) is 2.77. The van der Waals surface area contributed by atoms with Crippen molar-refractivity contribution in [3.05, 3.63) is 0 Å². The van der Waals surface area contributed by atoms with Gasteiger partial charge in [0.15, 0.2) is 0 Å². The van der Waals surface area contributed by atoms with Gasteiger partial charge < -0.3 is 10.2 Å². The van der Waals surface area contributed by atoms with Crippen molar-refractivity contribution in [3.63, 3.8) is 0 Å².